The van der Waals surface area contributed by atoms with Gasteiger partial charge in [0.1, 0.15) is 0 Å². The highest BCUT2D eigenvalue weighted by atomic mass is 16.2. The largest absolute Gasteiger partial charge is 0.349 e. The third-order valence-electron chi connectivity index (χ3n) is 4.22. The second kappa shape index (κ2) is 7.60. The molecule has 1 saturated heterocycles. The maximum absolute atomic E-state index is 12.6. The molecule has 1 aromatic carbocycles. The molecular formula is C18H28N2O. The van der Waals surface area contributed by atoms with E-state index < -0.39 is 0 Å². The standard InChI is InChI=1S/C18H28N2O/c1-14(2)12-17(15-8-5-4-6-9-15)19-18(21)16-10-7-11-20(3)13-16/h4-6,8-9,14,16-17H,7,10-13H2,1-3H3,(H,19,21)/t16-,17+/m1/s1. The molecule has 1 fully saturated rings. The second-order valence-electron chi connectivity index (χ2n) is 6.70. The topological polar surface area (TPSA) is 32.3 Å². The van der Waals surface area contributed by atoms with Crippen LogP contribution in [0.3, 0.4) is 0 Å². The van der Waals surface area contributed by atoms with E-state index in [1.807, 2.05) is 18.2 Å². The number of rotatable bonds is 5. The number of benzene rings is 1. The van der Waals surface area contributed by atoms with Crippen LogP contribution in [-0.4, -0.2) is 30.9 Å². The van der Waals surface area contributed by atoms with Gasteiger partial charge in [0.2, 0.25) is 5.91 Å². The minimum Gasteiger partial charge on any atom is -0.349 e. The summed E-state index contributed by atoms with van der Waals surface area (Å²) in [5.74, 6) is 0.919. The van der Waals surface area contributed by atoms with E-state index in [0.717, 1.165) is 32.4 Å². The smallest absolute Gasteiger partial charge is 0.224 e. The molecule has 1 heterocycles. The van der Waals surface area contributed by atoms with Gasteiger partial charge < -0.3 is 10.2 Å². The zero-order valence-electron chi connectivity index (χ0n) is 13.5. The van der Waals surface area contributed by atoms with Crippen LogP contribution < -0.4 is 5.32 Å². The molecule has 1 amide bonds. The van der Waals surface area contributed by atoms with Crippen molar-refractivity contribution in [3.05, 3.63) is 35.9 Å². The van der Waals surface area contributed by atoms with Crippen LogP contribution in [0.5, 0.6) is 0 Å². The van der Waals surface area contributed by atoms with Crippen molar-refractivity contribution in [2.45, 2.75) is 39.2 Å². The Morgan fingerprint density at radius 1 is 1.33 bits per heavy atom. The van der Waals surface area contributed by atoms with Crippen molar-refractivity contribution in [1.82, 2.24) is 10.2 Å². The van der Waals surface area contributed by atoms with E-state index in [1.54, 1.807) is 0 Å². The molecule has 116 valence electrons. The molecule has 0 saturated carbocycles. The number of carbonyl (C=O) groups is 1. The van der Waals surface area contributed by atoms with Gasteiger partial charge in [0.15, 0.2) is 0 Å². The van der Waals surface area contributed by atoms with Gasteiger partial charge in [-0.2, -0.15) is 0 Å². The Hall–Kier alpha value is -1.35. The summed E-state index contributed by atoms with van der Waals surface area (Å²) in [5.41, 5.74) is 1.21. The van der Waals surface area contributed by atoms with Gasteiger partial charge >= 0.3 is 0 Å². The van der Waals surface area contributed by atoms with Crippen LogP contribution in [0, 0.1) is 11.8 Å². The Morgan fingerprint density at radius 2 is 2.05 bits per heavy atom. The lowest BCUT2D eigenvalue weighted by atomic mass is 9.94. The summed E-state index contributed by atoms with van der Waals surface area (Å²) in [4.78, 5) is 14.8. The maximum Gasteiger partial charge on any atom is 0.224 e. The average molecular weight is 288 g/mol. The van der Waals surface area contributed by atoms with Crippen LogP contribution in [-0.2, 0) is 4.79 Å². The Balaban J connectivity index is 2.02. The first kappa shape index (κ1) is 16.0. The lowest BCUT2D eigenvalue weighted by Crippen LogP contribution is -2.42. The lowest BCUT2D eigenvalue weighted by Gasteiger charge is -2.30. The molecule has 0 spiro atoms. The Labute approximate surface area is 128 Å². The molecule has 2 rings (SSSR count). The van der Waals surface area contributed by atoms with Crippen LogP contribution in [0.15, 0.2) is 30.3 Å². The van der Waals surface area contributed by atoms with Crippen LogP contribution in [0.25, 0.3) is 0 Å². The number of hydrogen-bond donors (Lipinski definition) is 1. The third-order valence-corrected chi connectivity index (χ3v) is 4.22. The molecule has 3 nitrogen and oxygen atoms in total. The van der Waals surface area contributed by atoms with Crippen LogP contribution in [0.2, 0.25) is 0 Å². The number of hydrogen-bond acceptors (Lipinski definition) is 2. The number of nitrogens with zero attached hydrogens (tertiary/aromatic N) is 1. The second-order valence-corrected chi connectivity index (χ2v) is 6.70. The van der Waals surface area contributed by atoms with Crippen molar-refractivity contribution in [3.63, 3.8) is 0 Å². The molecule has 0 unspecified atom stereocenters. The summed E-state index contributed by atoms with van der Waals surface area (Å²) in [6, 6.07) is 10.5. The predicted molar refractivity (Wildman–Crippen MR) is 87.0 cm³/mol. The van der Waals surface area contributed by atoms with Crippen LogP contribution in [0.1, 0.15) is 44.7 Å². The SMILES string of the molecule is CC(C)C[C@H](NC(=O)[C@@H]1CCCN(C)C1)c1ccccc1. The maximum atomic E-state index is 12.6. The summed E-state index contributed by atoms with van der Waals surface area (Å²) in [7, 11) is 2.10. The van der Waals surface area contributed by atoms with Gasteiger partial charge in [0.05, 0.1) is 12.0 Å². The summed E-state index contributed by atoms with van der Waals surface area (Å²) >= 11 is 0. The predicted octanol–water partition coefficient (Wildman–Crippen LogP) is 3.23. The molecule has 3 heteroatoms. The number of piperidine rings is 1. The number of nitrogens with one attached hydrogen (secondary N) is 1. The first-order chi connectivity index (χ1) is 10.1. The van der Waals surface area contributed by atoms with E-state index in [0.29, 0.717) is 5.92 Å². The van der Waals surface area contributed by atoms with Gasteiger partial charge in [-0.15, -0.1) is 0 Å². The van der Waals surface area contributed by atoms with Crippen molar-refractivity contribution in [2.24, 2.45) is 11.8 Å². The minimum atomic E-state index is 0.130. The van der Waals surface area contributed by atoms with E-state index in [9.17, 15) is 4.79 Å². The van der Waals surface area contributed by atoms with Crippen molar-refractivity contribution >= 4 is 5.91 Å². The Morgan fingerprint density at radius 3 is 2.67 bits per heavy atom. The fourth-order valence-corrected chi connectivity index (χ4v) is 3.11. The number of amides is 1. The monoisotopic (exact) mass is 288 g/mol. The van der Waals surface area contributed by atoms with Crippen LogP contribution in [0.4, 0.5) is 0 Å². The molecular weight excluding hydrogens is 260 g/mol. The van der Waals surface area contributed by atoms with Gasteiger partial charge in [0, 0.05) is 6.54 Å². The molecule has 2 atom stereocenters. The number of likely N-dealkylation sites (tertiary alicyclic amines) is 1. The van der Waals surface area contributed by atoms with Crippen molar-refractivity contribution in [2.75, 3.05) is 20.1 Å². The molecule has 0 aliphatic carbocycles. The average Bonchev–Trinajstić information content (AvgIpc) is 2.47. The van der Waals surface area contributed by atoms with Gasteiger partial charge in [0.25, 0.3) is 0 Å². The van der Waals surface area contributed by atoms with Gasteiger partial charge in [-0.25, -0.2) is 0 Å². The van der Waals surface area contributed by atoms with Gasteiger partial charge in [-0.05, 0) is 44.3 Å². The summed E-state index contributed by atoms with van der Waals surface area (Å²) in [6.07, 6.45) is 3.12. The molecule has 21 heavy (non-hydrogen) atoms. The summed E-state index contributed by atoms with van der Waals surface area (Å²) in [6.45, 7) is 6.40. The highest BCUT2D eigenvalue weighted by molar-refractivity contribution is 5.79. The minimum absolute atomic E-state index is 0.130. The fraction of sp³-hybridized carbons (Fsp3) is 0.611. The summed E-state index contributed by atoms with van der Waals surface area (Å²) in [5, 5.41) is 3.29. The van der Waals surface area contributed by atoms with Crippen molar-refractivity contribution < 1.29 is 4.79 Å². The van der Waals surface area contributed by atoms with Crippen LogP contribution >= 0.6 is 0 Å². The zero-order chi connectivity index (χ0) is 15.2. The van der Waals surface area contributed by atoms with Crippen molar-refractivity contribution in [3.8, 4) is 0 Å². The number of carbonyl (C=O) groups excluding carboxylic acids is 1. The van der Waals surface area contributed by atoms with E-state index in [1.165, 1.54) is 5.56 Å². The normalized spacial score (nSPS) is 21.2. The molecule has 1 N–H and O–H groups in total. The molecule has 0 bridgehead atoms. The van der Waals surface area contributed by atoms with Crippen molar-refractivity contribution in [1.29, 1.82) is 0 Å². The lowest BCUT2D eigenvalue weighted by molar-refractivity contribution is -0.127. The Bertz CT molecular complexity index is 444. The Kier molecular flexibility index (Phi) is 5.80. The zero-order valence-corrected chi connectivity index (χ0v) is 13.5. The third kappa shape index (κ3) is 4.85. The highest BCUT2D eigenvalue weighted by Crippen LogP contribution is 2.23. The fourth-order valence-electron chi connectivity index (χ4n) is 3.11. The summed E-state index contributed by atoms with van der Waals surface area (Å²) < 4.78 is 0. The molecule has 1 aromatic rings. The van der Waals surface area contributed by atoms with Gasteiger partial charge in [-0.1, -0.05) is 44.2 Å². The molecule has 1 aliphatic heterocycles. The molecule has 0 radical (unpaired) electrons. The highest BCUT2D eigenvalue weighted by Gasteiger charge is 2.26. The first-order valence-electron chi connectivity index (χ1n) is 8.10. The van der Waals surface area contributed by atoms with E-state index in [2.05, 4.69) is 43.2 Å². The quantitative estimate of drug-likeness (QED) is 0.902. The van der Waals surface area contributed by atoms with Gasteiger partial charge in [-0.3, -0.25) is 4.79 Å². The van der Waals surface area contributed by atoms with E-state index in [4.69, 9.17) is 0 Å². The molecule has 0 aromatic heterocycles. The van der Waals surface area contributed by atoms with E-state index in [-0.39, 0.29) is 17.9 Å². The van der Waals surface area contributed by atoms with E-state index >= 15 is 0 Å². The molecule has 1 aliphatic rings. The first-order valence-corrected chi connectivity index (χ1v) is 8.10.